The second-order valence-electron chi connectivity index (χ2n) is 4.82. The molecule has 0 aliphatic rings. The molecule has 3 N–H and O–H groups in total. The van der Waals surface area contributed by atoms with Gasteiger partial charge < -0.3 is 16.0 Å². The SMILES string of the molecule is CC(C)C(CNC(=O)CCCCN)N(C)C. The zero-order valence-corrected chi connectivity index (χ0v) is 11.1. The van der Waals surface area contributed by atoms with Crippen molar-refractivity contribution in [3.8, 4) is 0 Å². The van der Waals surface area contributed by atoms with Gasteiger partial charge in [0.15, 0.2) is 0 Å². The van der Waals surface area contributed by atoms with Crippen LogP contribution in [0.2, 0.25) is 0 Å². The number of amides is 1. The van der Waals surface area contributed by atoms with Crippen molar-refractivity contribution >= 4 is 5.91 Å². The Morgan fingerprint density at radius 3 is 2.38 bits per heavy atom. The maximum atomic E-state index is 11.5. The molecule has 0 spiro atoms. The van der Waals surface area contributed by atoms with Gasteiger partial charge in [-0.1, -0.05) is 13.8 Å². The Hall–Kier alpha value is -0.610. The van der Waals surface area contributed by atoms with E-state index >= 15 is 0 Å². The largest absolute Gasteiger partial charge is 0.355 e. The molecule has 1 unspecified atom stereocenters. The van der Waals surface area contributed by atoms with E-state index in [1.54, 1.807) is 0 Å². The molecule has 0 rings (SSSR count). The van der Waals surface area contributed by atoms with Crippen molar-refractivity contribution in [1.29, 1.82) is 0 Å². The molecule has 0 aromatic carbocycles. The summed E-state index contributed by atoms with van der Waals surface area (Å²) >= 11 is 0. The molecule has 0 saturated heterocycles. The van der Waals surface area contributed by atoms with Crippen molar-refractivity contribution in [2.24, 2.45) is 11.7 Å². The molecule has 0 saturated carbocycles. The number of hydrogen-bond donors (Lipinski definition) is 2. The molecule has 0 aromatic rings. The van der Waals surface area contributed by atoms with E-state index < -0.39 is 0 Å². The average Bonchev–Trinajstić information content (AvgIpc) is 2.17. The number of nitrogens with one attached hydrogen (secondary N) is 1. The summed E-state index contributed by atoms with van der Waals surface area (Å²) in [5.74, 6) is 0.681. The zero-order valence-electron chi connectivity index (χ0n) is 11.1. The van der Waals surface area contributed by atoms with Crippen LogP contribution in [0.1, 0.15) is 33.1 Å². The smallest absolute Gasteiger partial charge is 0.220 e. The Morgan fingerprint density at radius 2 is 1.94 bits per heavy atom. The molecule has 4 heteroatoms. The van der Waals surface area contributed by atoms with Gasteiger partial charge in [-0.15, -0.1) is 0 Å². The molecule has 1 atom stereocenters. The van der Waals surface area contributed by atoms with E-state index in [9.17, 15) is 4.79 Å². The van der Waals surface area contributed by atoms with Crippen LogP contribution in [0.4, 0.5) is 0 Å². The number of nitrogens with two attached hydrogens (primary N) is 1. The molecule has 4 nitrogen and oxygen atoms in total. The zero-order chi connectivity index (χ0) is 12.6. The van der Waals surface area contributed by atoms with Crippen molar-refractivity contribution in [2.45, 2.75) is 39.2 Å². The van der Waals surface area contributed by atoms with Crippen molar-refractivity contribution in [2.75, 3.05) is 27.2 Å². The number of unbranched alkanes of at least 4 members (excludes halogenated alkanes) is 1. The lowest BCUT2D eigenvalue weighted by molar-refractivity contribution is -0.121. The fraction of sp³-hybridized carbons (Fsp3) is 0.917. The predicted octanol–water partition coefficient (Wildman–Crippen LogP) is 0.818. The summed E-state index contributed by atoms with van der Waals surface area (Å²) in [6, 6.07) is 0.401. The number of carbonyl (C=O) groups is 1. The maximum Gasteiger partial charge on any atom is 0.220 e. The van der Waals surface area contributed by atoms with Crippen molar-refractivity contribution in [1.82, 2.24) is 10.2 Å². The highest BCUT2D eigenvalue weighted by Crippen LogP contribution is 2.06. The second-order valence-corrected chi connectivity index (χ2v) is 4.82. The summed E-state index contributed by atoms with van der Waals surface area (Å²) in [6.07, 6.45) is 2.40. The van der Waals surface area contributed by atoms with Crippen LogP contribution in [0.5, 0.6) is 0 Å². The third-order valence-electron chi connectivity index (χ3n) is 2.80. The summed E-state index contributed by atoms with van der Waals surface area (Å²) in [4.78, 5) is 13.7. The molecule has 0 radical (unpaired) electrons. The van der Waals surface area contributed by atoms with Crippen LogP contribution in [0.15, 0.2) is 0 Å². The Labute approximate surface area is 99.6 Å². The minimum Gasteiger partial charge on any atom is -0.355 e. The molecule has 0 aliphatic heterocycles. The normalized spacial score (nSPS) is 13.2. The van der Waals surface area contributed by atoms with E-state index in [2.05, 4.69) is 24.1 Å². The van der Waals surface area contributed by atoms with Crippen LogP contribution < -0.4 is 11.1 Å². The van der Waals surface area contributed by atoms with Crippen LogP contribution >= 0.6 is 0 Å². The number of nitrogens with zero attached hydrogens (tertiary/aromatic N) is 1. The van der Waals surface area contributed by atoms with Gasteiger partial charge in [0.25, 0.3) is 0 Å². The summed E-state index contributed by atoms with van der Waals surface area (Å²) in [7, 11) is 4.09. The maximum absolute atomic E-state index is 11.5. The third kappa shape index (κ3) is 6.80. The lowest BCUT2D eigenvalue weighted by atomic mass is 10.0. The number of rotatable bonds is 8. The molecule has 0 aromatic heterocycles. The van der Waals surface area contributed by atoms with E-state index in [-0.39, 0.29) is 5.91 Å². The molecule has 96 valence electrons. The topological polar surface area (TPSA) is 58.4 Å². The van der Waals surface area contributed by atoms with Gasteiger partial charge in [0.05, 0.1) is 0 Å². The first kappa shape index (κ1) is 15.4. The summed E-state index contributed by atoms with van der Waals surface area (Å²) in [5.41, 5.74) is 5.38. The van der Waals surface area contributed by atoms with E-state index in [0.29, 0.717) is 24.9 Å². The van der Waals surface area contributed by atoms with Crippen LogP contribution in [0.3, 0.4) is 0 Å². The minimum absolute atomic E-state index is 0.140. The molecular formula is C12H27N3O. The van der Waals surface area contributed by atoms with Gasteiger partial charge in [0, 0.05) is 19.0 Å². The van der Waals surface area contributed by atoms with Gasteiger partial charge in [-0.3, -0.25) is 4.79 Å². The van der Waals surface area contributed by atoms with Crippen LogP contribution in [-0.4, -0.2) is 44.0 Å². The second kappa shape index (κ2) is 8.53. The van der Waals surface area contributed by atoms with E-state index in [4.69, 9.17) is 5.73 Å². The molecule has 16 heavy (non-hydrogen) atoms. The fourth-order valence-electron chi connectivity index (χ4n) is 1.75. The summed E-state index contributed by atoms with van der Waals surface area (Å²) in [5, 5.41) is 2.98. The van der Waals surface area contributed by atoms with Crippen LogP contribution in [0.25, 0.3) is 0 Å². The predicted molar refractivity (Wildman–Crippen MR) is 68.2 cm³/mol. The molecule has 0 aliphatic carbocycles. The number of likely N-dealkylation sites (N-methyl/N-ethyl adjacent to an activating group) is 1. The Morgan fingerprint density at radius 1 is 1.31 bits per heavy atom. The van der Waals surface area contributed by atoms with Gasteiger partial charge in [-0.05, 0) is 39.4 Å². The van der Waals surface area contributed by atoms with Gasteiger partial charge >= 0.3 is 0 Å². The Balaban J connectivity index is 3.79. The van der Waals surface area contributed by atoms with E-state index in [1.807, 2.05) is 14.1 Å². The summed E-state index contributed by atoms with van der Waals surface area (Å²) in [6.45, 7) is 5.74. The van der Waals surface area contributed by atoms with Crippen molar-refractivity contribution in [3.05, 3.63) is 0 Å². The van der Waals surface area contributed by atoms with E-state index in [1.165, 1.54) is 0 Å². The van der Waals surface area contributed by atoms with Crippen LogP contribution in [-0.2, 0) is 4.79 Å². The minimum atomic E-state index is 0.140. The van der Waals surface area contributed by atoms with E-state index in [0.717, 1.165) is 19.4 Å². The lowest BCUT2D eigenvalue weighted by Gasteiger charge is -2.28. The first-order valence-electron chi connectivity index (χ1n) is 6.12. The molecule has 1 amide bonds. The fourth-order valence-corrected chi connectivity index (χ4v) is 1.75. The Bertz CT molecular complexity index is 185. The molecule has 0 heterocycles. The highest BCUT2D eigenvalue weighted by atomic mass is 16.1. The Kier molecular flexibility index (Phi) is 8.21. The standard InChI is InChI=1S/C12H27N3O/c1-10(2)11(15(3)4)9-14-12(16)7-5-6-8-13/h10-11H,5-9,13H2,1-4H3,(H,14,16). The molecule has 0 bridgehead atoms. The highest BCUT2D eigenvalue weighted by Gasteiger charge is 2.16. The summed E-state index contributed by atoms with van der Waals surface area (Å²) < 4.78 is 0. The van der Waals surface area contributed by atoms with Gasteiger partial charge in [0.2, 0.25) is 5.91 Å². The lowest BCUT2D eigenvalue weighted by Crippen LogP contribution is -2.43. The van der Waals surface area contributed by atoms with Crippen LogP contribution in [0, 0.1) is 5.92 Å². The third-order valence-corrected chi connectivity index (χ3v) is 2.80. The van der Waals surface area contributed by atoms with Gasteiger partial charge in [-0.25, -0.2) is 0 Å². The van der Waals surface area contributed by atoms with Gasteiger partial charge in [0.1, 0.15) is 0 Å². The molecule has 0 fully saturated rings. The van der Waals surface area contributed by atoms with Crippen molar-refractivity contribution in [3.63, 3.8) is 0 Å². The highest BCUT2D eigenvalue weighted by molar-refractivity contribution is 5.75. The molecular weight excluding hydrogens is 202 g/mol. The monoisotopic (exact) mass is 229 g/mol. The number of carbonyl (C=O) groups excluding carboxylic acids is 1. The van der Waals surface area contributed by atoms with Gasteiger partial charge in [-0.2, -0.15) is 0 Å². The first-order valence-corrected chi connectivity index (χ1v) is 6.12. The quantitative estimate of drug-likeness (QED) is 0.606. The average molecular weight is 229 g/mol. The number of hydrogen-bond acceptors (Lipinski definition) is 3. The van der Waals surface area contributed by atoms with Crippen molar-refractivity contribution < 1.29 is 4.79 Å². The first-order chi connectivity index (χ1) is 7.49.